The molecule has 0 aliphatic heterocycles. The fourth-order valence-electron chi connectivity index (χ4n) is 1.89. The maximum atomic E-state index is 12.3. The van der Waals surface area contributed by atoms with Crippen LogP contribution in [0.15, 0.2) is 23.1 Å². The van der Waals surface area contributed by atoms with Gasteiger partial charge >= 0.3 is 5.97 Å². The first-order chi connectivity index (χ1) is 9.67. The Morgan fingerprint density at radius 2 is 2.00 bits per heavy atom. The lowest BCUT2D eigenvalue weighted by atomic mass is 10.0. The van der Waals surface area contributed by atoms with Crippen molar-refractivity contribution in [2.75, 3.05) is 7.11 Å². The number of rotatable bonds is 7. The van der Waals surface area contributed by atoms with Gasteiger partial charge in [0.25, 0.3) is 0 Å². The van der Waals surface area contributed by atoms with Crippen molar-refractivity contribution in [3.63, 3.8) is 0 Å². The maximum absolute atomic E-state index is 12.3. The predicted molar refractivity (Wildman–Crippen MR) is 78.9 cm³/mol. The largest absolute Gasteiger partial charge is 0.496 e. The summed E-state index contributed by atoms with van der Waals surface area (Å²) in [5.41, 5.74) is 0.694. The zero-order chi connectivity index (χ0) is 16.2. The van der Waals surface area contributed by atoms with Gasteiger partial charge in [0.05, 0.1) is 18.4 Å². The van der Waals surface area contributed by atoms with E-state index in [2.05, 4.69) is 4.72 Å². The molecular formula is C14H21NO5S. The average Bonchev–Trinajstić information content (AvgIpc) is 2.36. The summed E-state index contributed by atoms with van der Waals surface area (Å²) >= 11 is 0. The molecule has 0 saturated carbocycles. The molecule has 1 aromatic rings. The summed E-state index contributed by atoms with van der Waals surface area (Å²) < 4.78 is 32.2. The minimum absolute atomic E-state index is 0.0943. The first-order valence-electron chi connectivity index (χ1n) is 6.56. The summed E-state index contributed by atoms with van der Waals surface area (Å²) in [5, 5.41) is 8.86. The molecule has 0 aliphatic carbocycles. The first kappa shape index (κ1) is 17.5. The molecule has 2 N–H and O–H groups in total. The first-order valence-corrected chi connectivity index (χ1v) is 8.04. The number of aryl methyl sites for hydroxylation is 1. The number of carbonyl (C=O) groups is 1. The lowest BCUT2D eigenvalue weighted by molar-refractivity contribution is -0.137. The molecule has 0 radical (unpaired) electrons. The van der Waals surface area contributed by atoms with Crippen LogP contribution >= 0.6 is 0 Å². The summed E-state index contributed by atoms with van der Waals surface area (Å²) in [7, 11) is -2.26. The molecule has 6 nitrogen and oxygen atoms in total. The molecule has 118 valence electrons. The van der Waals surface area contributed by atoms with E-state index in [4.69, 9.17) is 9.84 Å². The molecule has 0 aliphatic rings. The van der Waals surface area contributed by atoms with E-state index >= 15 is 0 Å². The van der Waals surface area contributed by atoms with Gasteiger partial charge in [-0.1, -0.05) is 13.8 Å². The van der Waals surface area contributed by atoms with Gasteiger partial charge in [0.1, 0.15) is 5.75 Å². The molecule has 0 bridgehead atoms. The van der Waals surface area contributed by atoms with Gasteiger partial charge in [-0.2, -0.15) is 0 Å². The van der Waals surface area contributed by atoms with Crippen molar-refractivity contribution in [3.05, 3.63) is 23.8 Å². The van der Waals surface area contributed by atoms with Crippen molar-refractivity contribution in [2.24, 2.45) is 5.92 Å². The van der Waals surface area contributed by atoms with Crippen LogP contribution in [0.1, 0.15) is 25.8 Å². The van der Waals surface area contributed by atoms with Crippen molar-refractivity contribution in [2.45, 2.75) is 38.1 Å². The van der Waals surface area contributed by atoms with Crippen LogP contribution in [0.5, 0.6) is 5.75 Å². The van der Waals surface area contributed by atoms with Crippen molar-refractivity contribution in [1.29, 1.82) is 0 Å². The number of carboxylic acids is 1. The lowest BCUT2D eigenvalue weighted by Crippen LogP contribution is -2.40. The number of hydrogen-bond donors (Lipinski definition) is 2. The Labute approximate surface area is 125 Å². The number of benzene rings is 1. The van der Waals surface area contributed by atoms with Gasteiger partial charge in [0, 0.05) is 6.04 Å². The Hall–Kier alpha value is -1.60. The van der Waals surface area contributed by atoms with Crippen LogP contribution < -0.4 is 9.46 Å². The molecule has 0 amide bonds. The van der Waals surface area contributed by atoms with E-state index < -0.39 is 22.0 Å². The third-order valence-corrected chi connectivity index (χ3v) is 4.67. The summed E-state index contributed by atoms with van der Waals surface area (Å²) in [6.45, 7) is 5.29. The number of carboxylic acid groups (broad SMARTS) is 1. The normalized spacial score (nSPS) is 13.2. The zero-order valence-corrected chi connectivity index (χ0v) is 13.4. The zero-order valence-electron chi connectivity index (χ0n) is 12.6. The van der Waals surface area contributed by atoms with E-state index in [0.29, 0.717) is 11.3 Å². The quantitative estimate of drug-likeness (QED) is 0.800. The highest BCUT2D eigenvalue weighted by Crippen LogP contribution is 2.22. The van der Waals surface area contributed by atoms with Gasteiger partial charge in [0.15, 0.2) is 0 Å². The smallest absolute Gasteiger partial charge is 0.304 e. The van der Waals surface area contributed by atoms with Crippen LogP contribution in [-0.4, -0.2) is 32.6 Å². The van der Waals surface area contributed by atoms with E-state index in [1.165, 1.54) is 19.2 Å². The van der Waals surface area contributed by atoms with Crippen molar-refractivity contribution < 1.29 is 23.1 Å². The minimum Gasteiger partial charge on any atom is -0.496 e. The maximum Gasteiger partial charge on any atom is 0.304 e. The van der Waals surface area contributed by atoms with Crippen molar-refractivity contribution in [1.82, 2.24) is 4.72 Å². The molecule has 0 spiro atoms. The number of nitrogens with one attached hydrogen (secondary N) is 1. The van der Waals surface area contributed by atoms with Crippen LogP contribution in [0.4, 0.5) is 0 Å². The number of ether oxygens (including phenoxy) is 1. The van der Waals surface area contributed by atoms with Gasteiger partial charge in [-0.15, -0.1) is 0 Å². The second kappa shape index (κ2) is 6.91. The van der Waals surface area contributed by atoms with Gasteiger partial charge in [-0.3, -0.25) is 4.79 Å². The van der Waals surface area contributed by atoms with Gasteiger partial charge in [-0.25, -0.2) is 13.1 Å². The standard InChI is InChI=1S/C14H21NO5S/c1-9(2)12(8-14(16)17)15-21(18,19)11-5-6-13(20-4)10(3)7-11/h5-7,9,12,15H,8H2,1-4H3,(H,16,17). The topological polar surface area (TPSA) is 92.7 Å². The van der Waals surface area contributed by atoms with Gasteiger partial charge < -0.3 is 9.84 Å². The monoisotopic (exact) mass is 315 g/mol. The van der Waals surface area contributed by atoms with E-state index in [-0.39, 0.29) is 17.2 Å². The number of hydrogen-bond acceptors (Lipinski definition) is 4. The molecule has 7 heteroatoms. The van der Waals surface area contributed by atoms with E-state index in [1.807, 2.05) is 0 Å². The average molecular weight is 315 g/mol. The lowest BCUT2D eigenvalue weighted by Gasteiger charge is -2.20. The molecule has 21 heavy (non-hydrogen) atoms. The third kappa shape index (κ3) is 4.71. The summed E-state index contributed by atoms with van der Waals surface area (Å²) in [4.78, 5) is 10.9. The summed E-state index contributed by atoms with van der Waals surface area (Å²) in [5.74, 6) is -0.572. The Bertz CT molecular complexity index is 610. The fourth-order valence-corrected chi connectivity index (χ4v) is 3.36. The van der Waals surface area contributed by atoms with Crippen LogP contribution in [0.25, 0.3) is 0 Å². The number of aliphatic carboxylic acids is 1. The van der Waals surface area contributed by atoms with E-state index in [1.54, 1.807) is 26.8 Å². The molecule has 1 aromatic carbocycles. The molecule has 0 saturated heterocycles. The van der Waals surface area contributed by atoms with Gasteiger partial charge in [-0.05, 0) is 36.6 Å². The molecule has 1 unspecified atom stereocenters. The molecule has 0 aromatic heterocycles. The Balaban J connectivity index is 3.04. The number of methoxy groups -OCH3 is 1. The van der Waals surface area contributed by atoms with Crippen LogP contribution in [0.3, 0.4) is 0 Å². The van der Waals surface area contributed by atoms with E-state index in [0.717, 1.165) is 0 Å². The highest BCUT2D eigenvalue weighted by atomic mass is 32.2. The molecule has 0 fully saturated rings. The Morgan fingerprint density at radius 1 is 1.38 bits per heavy atom. The summed E-state index contributed by atoms with van der Waals surface area (Å²) in [6.07, 6.45) is -0.258. The Morgan fingerprint density at radius 3 is 2.43 bits per heavy atom. The fraction of sp³-hybridized carbons (Fsp3) is 0.500. The molecule has 1 rings (SSSR count). The second-order valence-electron chi connectivity index (χ2n) is 5.20. The molecule has 1 atom stereocenters. The number of sulfonamides is 1. The van der Waals surface area contributed by atoms with Crippen molar-refractivity contribution in [3.8, 4) is 5.75 Å². The highest BCUT2D eigenvalue weighted by molar-refractivity contribution is 7.89. The van der Waals surface area contributed by atoms with E-state index in [9.17, 15) is 13.2 Å². The van der Waals surface area contributed by atoms with Crippen LogP contribution in [0.2, 0.25) is 0 Å². The van der Waals surface area contributed by atoms with Crippen LogP contribution in [0, 0.1) is 12.8 Å². The Kier molecular flexibility index (Phi) is 5.74. The third-order valence-electron chi connectivity index (χ3n) is 3.18. The van der Waals surface area contributed by atoms with Crippen molar-refractivity contribution >= 4 is 16.0 Å². The molecule has 0 heterocycles. The van der Waals surface area contributed by atoms with Gasteiger partial charge in [0.2, 0.25) is 10.0 Å². The SMILES string of the molecule is COc1ccc(S(=O)(=O)NC(CC(=O)O)C(C)C)cc1C. The molecular weight excluding hydrogens is 294 g/mol. The highest BCUT2D eigenvalue weighted by Gasteiger charge is 2.24. The second-order valence-corrected chi connectivity index (χ2v) is 6.92. The van der Waals surface area contributed by atoms with Crippen LogP contribution in [-0.2, 0) is 14.8 Å². The minimum atomic E-state index is -3.77. The summed E-state index contributed by atoms with van der Waals surface area (Å²) in [6, 6.07) is 3.85. The predicted octanol–water partition coefficient (Wildman–Crippen LogP) is 1.78.